The van der Waals surface area contributed by atoms with E-state index in [9.17, 15) is 9.90 Å². The zero-order valence-corrected chi connectivity index (χ0v) is 12.9. The summed E-state index contributed by atoms with van der Waals surface area (Å²) in [5.74, 6) is 5.24. The van der Waals surface area contributed by atoms with Gasteiger partial charge < -0.3 is 15.4 Å². The van der Waals surface area contributed by atoms with Crippen molar-refractivity contribution in [3.8, 4) is 17.5 Å². The molecule has 0 aliphatic heterocycles. The van der Waals surface area contributed by atoms with Crippen LogP contribution in [0.1, 0.15) is 27.0 Å². The molecule has 0 fully saturated rings. The first-order chi connectivity index (χ1) is 11.7. The van der Waals surface area contributed by atoms with Crippen LogP contribution in [0.25, 0.3) is 5.69 Å². The number of nitrogens with two attached hydrogens (primary N) is 1. The molecule has 0 aliphatic rings. The molecule has 3 aromatic rings. The molecule has 0 spiro atoms. The molecule has 2 aromatic carbocycles. The molecule has 0 saturated carbocycles. The standard InChI is InChI=1S/C20H16N2O2/c21-13-17-5-3-4-15(12-17)8-9-16-10-11-22(14-16)19-7-2-1-6-18(19)20(23)24/h1-7,10-12,14H,13,21H2,(H,23,24). The monoisotopic (exact) mass is 316 g/mol. The number of carboxylic acids is 1. The highest BCUT2D eigenvalue weighted by Gasteiger charge is 2.10. The average Bonchev–Trinajstić information content (AvgIpc) is 3.09. The van der Waals surface area contributed by atoms with Gasteiger partial charge in [-0.15, -0.1) is 0 Å². The van der Waals surface area contributed by atoms with Gasteiger partial charge in [0.25, 0.3) is 0 Å². The van der Waals surface area contributed by atoms with Crippen LogP contribution in [0, 0.1) is 11.8 Å². The Hall–Kier alpha value is -3.29. The number of aromatic carboxylic acids is 1. The second-order valence-corrected chi connectivity index (χ2v) is 5.28. The highest BCUT2D eigenvalue weighted by atomic mass is 16.4. The molecule has 0 atom stereocenters. The molecular formula is C20H16N2O2. The van der Waals surface area contributed by atoms with Gasteiger partial charge in [0.05, 0.1) is 11.3 Å². The minimum absolute atomic E-state index is 0.253. The van der Waals surface area contributed by atoms with Crippen molar-refractivity contribution >= 4 is 5.97 Å². The predicted octanol–water partition coefficient (Wildman–Crippen LogP) is 3.03. The topological polar surface area (TPSA) is 68.2 Å². The predicted molar refractivity (Wildman–Crippen MR) is 93.0 cm³/mol. The fourth-order valence-corrected chi connectivity index (χ4v) is 2.42. The summed E-state index contributed by atoms with van der Waals surface area (Å²) < 4.78 is 1.77. The van der Waals surface area contributed by atoms with Crippen LogP contribution in [0.3, 0.4) is 0 Å². The highest BCUT2D eigenvalue weighted by Crippen LogP contribution is 2.16. The van der Waals surface area contributed by atoms with Crippen LogP contribution in [0.15, 0.2) is 67.0 Å². The summed E-state index contributed by atoms with van der Waals surface area (Å²) in [5, 5.41) is 9.28. The van der Waals surface area contributed by atoms with Crippen LogP contribution >= 0.6 is 0 Å². The Bertz CT molecular complexity index is 945. The Morgan fingerprint density at radius 2 is 1.83 bits per heavy atom. The maximum atomic E-state index is 11.3. The third kappa shape index (κ3) is 3.37. The molecule has 0 unspecified atom stereocenters. The van der Waals surface area contributed by atoms with Gasteiger partial charge in [-0.2, -0.15) is 0 Å². The number of para-hydroxylation sites is 1. The summed E-state index contributed by atoms with van der Waals surface area (Å²) in [5.41, 5.74) is 9.25. The molecular weight excluding hydrogens is 300 g/mol. The van der Waals surface area contributed by atoms with E-state index in [0.717, 1.165) is 16.7 Å². The fraction of sp³-hybridized carbons (Fsp3) is 0.0500. The van der Waals surface area contributed by atoms with Gasteiger partial charge in [0.1, 0.15) is 0 Å². The van der Waals surface area contributed by atoms with Crippen LogP contribution < -0.4 is 5.73 Å². The molecule has 0 amide bonds. The Labute approximate surface area is 140 Å². The largest absolute Gasteiger partial charge is 0.478 e. The van der Waals surface area contributed by atoms with Crippen molar-refractivity contribution < 1.29 is 9.90 Å². The van der Waals surface area contributed by atoms with Crippen LogP contribution in [-0.4, -0.2) is 15.6 Å². The van der Waals surface area contributed by atoms with E-state index in [4.69, 9.17) is 5.73 Å². The minimum atomic E-state index is -0.953. The Morgan fingerprint density at radius 3 is 2.62 bits per heavy atom. The van der Waals surface area contributed by atoms with Crippen LogP contribution in [-0.2, 0) is 6.54 Å². The summed E-state index contributed by atoms with van der Waals surface area (Å²) in [6.07, 6.45) is 3.63. The van der Waals surface area contributed by atoms with Gasteiger partial charge >= 0.3 is 5.97 Å². The molecule has 0 saturated heterocycles. The smallest absolute Gasteiger partial charge is 0.337 e. The minimum Gasteiger partial charge on any atom is -0.478 e. The fourth-order valence-electron chi connectivity index (χ4n) is 2.42. The number of nitrogens with zero attached hydrogens (tertiary/aromatic N) is 1. The number of hydrogen-bond donors (Lipinski definition) is 2. The average molecular weight is 316 g/mol. The highest BCUT2D eigenvalue weighted by molar-refractivity contribution is 5.91. The lowest BCUT2D eigenvalue weighted by Crippen LogP contribution is -2.03. The van der Waals surface area contributed by atoms with Crippen molar-refractivity contribution in [2.45, 2.75) is 6.54 Å². The van der Waals surface area contributed by atoms with Gasteiger partial charge in [-0.05, 0) is 35.9 Å². The van der Waals surface area contributed by atoms with Gasteiger partial charge in [-0.3, -0.25) is 0 Å². The molecule has 0 bridgehead atoms. The SMILES string of the molecule is NCc1cccc(C#Cc2ccn(-c3ccccc3C(=O)O)c2)c1. The van der Waals surface area contributed by atoms with Crippen molar-refractivity contribution in [3.05, 3.63) is 89.2 Å². The summed E-state index contributed by atoms with van der Waals surface area (Å²) in [4.78, 5) is 11.3. The third-order valence-electron chi connectivity index (χ3n) is 3.62. The van der Waals surface area contributed by atoms with Gasteiger partial charge in [-0.25, -0.2) is 4.79 Å². The van der Waals surface area contributed by atoms with Crippen LogP contribution in [0.5, 0.6) is 0 Å². The number of aromatic nitrogens is 1. The number of hydrogen-bond acceptors (Lipinski definition) is 2. The van der Waals surface area contributed by atoms with Crippen molar-refractivity contribution in [2.24, 2.45) is 5.73 Å². The number of carboxylic acid groups (broad SMARTS) is 1. The summed E-state index contributed by atoms with van der Waals surface area (Å²) in [6, 6.07) is 16.5. The molecule has 24 heavy (non-hydrogen) atoms. The molecule has 118 valence electrons. The molecule has 4 nitrogen and oxygen atoms in total. The molecule has 4 heteroatoms. The number of benzene rings is 2. The second kappa shape index (κ2) is 6.86. The van der Waals surface area contributed by atoms with Crippen molar-refractivity contribution in [2.75, 3.05) is 0 Å². The van der Waals surface area contributed by atoms with E-state index in [1.807, 2.05) is 48.8 Å². The van der Waals surface area contributed by atoms with Crippen molar-refractivity contribution in [1.29, 1.82) is 0 Å². The lowest BCUT2D eigenvalue weighted by molar-refractivity contribution is 0.0697. The molecule has 0 aliphatic carbocycles. The Balaban J connectivity index is 1.90. The second-order valence-electron chi connectivity index (χ2n) is 5.28. The molecule has 1 aromatic heterocycles. The molecule has 1 heterocycles. The van der Waals surface area contributed by atoms with Crippen LogP contribution in [0.4, 0.5) is 0 Å². The van der Waals surface area contributed by atoms with Gasteiger partial charge in [0, 0.05) is 30.1 Å². The van der Waals surface area contributed by atoms with E-state index in [0.29, 0.717) is 12.2 Å². The van der Waals surface area contributed by atoms with E-state index < -0.39 is 5.97 Å². The van der Waals surface area contributed by atoms with E-state index >= 15 is 0 Å². The third-order valence-corrected chi connectivity index (χ3v) is 3.62. The summed E-state index contributed by atoms with van der Waals surface area (Å²) in [7, 11) is 0. The quantitative estimate of drug-likeness (QED) is 0.730. The summed E-state index contributed by atoms with van der Waals surface area (Å²) >= 11 is 0. The zero-order valence-electron chi connectivity index (χ0n) is 12.9. The van der Waals surface area contributed by atoms with E-state index in [-0.39, 0.29) is 5.56 Å². The van der Waals surface area contributed by atoms with Gasteiger partial charge in [-0.1, -0.05) is 36.1 Å². The molecule has 3 rings (SSSR count). The van der Waals surface area contributed by atoms with Crippen molar-refractivity contribution in [1.82, 2.24) is 4.57 Å². The maximum Gasteiger partial charge on any atom is 0.337 e. The van der Waals surface area contributed by atoms with E-state index in [1.165, 1.54) is 0 Å². The van der Waals surface area contributed by atoms with Crippen LogP contribution in [0.2, 0.25) is 0 Å². The van der Waals surface area contributed by atoms with Crippen molar-refractivity contribution in [3.63, 3.8) is 0 Å². The first-order valence-electron chi connectivity index (χ1n) is 7.49. The first-order valence-corrected chi connectivity index (χ1v) is 7.49. The lowest BCUT2D eigenvalue weighted by atomic mass is 10.1. The summed E-state index contributed by atoms with van der Waals surface area (Å²) in [6.45, 7) is 0.484. The normalized spacial score (nSPS) is 10.0. The number of rotatable bonds is 3. The first kappa shape index (κ1) is 15.6. The Morgan fingerprint density at radius 1 is 1.04 bits per heavy atom. The molecule has 3 N–H and O–H groups in total. The van der Waals surface area contributed by atoms with Gasteiger partial charge in [0.2, 0.25) is 0 Å². The zero-order chi connectivity index (χ0) is 16.9. The lowest BCUT2D eigenvalue weighted by Gasteiger charge is -2.06. The van der Waals surface area contributed by atoms with E-state index in [2.05, 4.69) is 11.8 Å². The number of carbonyl (C=O) groups is 1. The van der Waals surface area contributed by atoms with Gasteiger partial charge in [0.15, 0.2) is 0 Å². The Kier molecular flexibility index (Phi) is 4.46. The van der Waals surface area contributed by atoms with E-state index in [1.54, 1.807) is 22.8 Å². The maximum absolute atomic E-state index is 11.3. The molecule has 0 radical (unpaired) electrons.